The van der Waals surface area contributed by atoms with Gasteiger partial charge in [-0.3, -0.25) is 39.5 Å². The standard InChI is InChI=1S/C23H24ClN5.C22H22ClN5.C21H21ClN4.C20H22ClN3O.ClH/c1-27-14-17(12-26-27)15-28-10-7-18(8-11-28)22-16-29(20-4-2-19(24)3-5-20)23-13-25-9-6-21(22)23;23-17-1-3-19(4-2-17)28-15-21(20-6-9-24-13-22(20)28)16-7-11-27(12-8-16)14-18-5-10-25-26-18;22-17-2-4-18(5-3-17)26-15-20(19-6-10-24-14-21(19)26)16-7-12-25(13-8-16)11-1-9-23;21-16-1-3-17(4-2-16)24-14-19(18-5-8-22-13-20(18)24)15-6-9-23(10-7-15)11-12-25;/h2-6,9,12-14,16,18H,7-8,10-11,15H2,1H3;1-6,9-10,13,15-16H,7-8,11-12,14H2,(H,25,26);2-6,10,14-16H,1,7-8,11-13H2;1-5,8,13-15,25H,6-7,9-12H2;1H. The molecular formula is C86H90Cl5N17O. The molecule has 0 unspecified atom stereocenters. The summed E-state index contributed by atoms with van der Waals surface area (Å²) in [6.07, 6.45) is 40.2. The smallest absolute Gasteiger partial charge is 0.0715 e. The Bertz CT molecular complexity index is 5290. The Morgan fingerprint density at radius 3 is 1.02 bits per heavy atom. The van der Waals surface area contributed by atoms with Crippen LogP contribution in [0.2, 0.25) is 20.1 Å². The average molecular weight is 1560 g/mol. The maximum Gasteiger partial charge on any atom is 0.0715 e. The molecule has 560 valence electrons. The van der Waals surface area contributed by atoms with Gasteiger partial charge in [0.15, 0.2) is 0 Å². The number of fused-ring (bicyclic) bond motifs is 4. The summed E-state index contributed by atoms with van der Waals surface area (Å²) in [5.74, 6) is 2.23. The first kappa shape index (κ1) is 76.6. The number of pyridine rings is 4. The van der Waals surface area contributed by atoms with E-state index in [2.05, 4.69) is 165 Å². The summed E-state index contributed by atoms with van der Waals surface area (Å²) in [5, 5.41) is 37.5. The number of hydrogen-bond acceptors (Lipinski definition) is 12. The Morgan fingerprint density at radius 1 is 0.404 bits per heavy atom. The van der Waals surface area contributed by atoms with Crippen molar-refractivity contribution >= 4 is 102 Å². The molecule has 4 fully saturated rings. The molecule has 109 heavy (non-hydrogen) atoms. The fraction of sp³-hybridized carbons (Fsp3) is 0.314. The second kappa shape index (κ2) is 36.1. The molecule has 0 spiro atoms. The van der Waals surface area contributed by atoms with E-state index in [1.165, 1.54) is 67.9 Å². The topological polar surface area (TPSA) is 175 Å². The molecule has 18 rings (SSSR count). The first-order valence-electron chi connectivity index (χ1n) is 37.6. The lowest BCUT2D eigenvalue weighted by Gasteiger charge is -2.31. The minimum absolute atomic E-state index is 0. The van der Waals surface area contributed by atoms with Crippen LogP contribution in [0.1, 0.15) is 115 Å². The molecule has 2 N–H and O–H groups in total. The van der Waals surface area contributed by atoms with E-state index < -0.39 is 0 Å². The van der Waals surface area contributed by atoms with Gasteiger partial charge in [-0.05, 0) is 277 Å². The van der Waals surface area contributed by atoms with Gasteiger partial charge in [0.05, 0.1) is 65.7 Å². The third-order valence-electron chi connectivity index (χ3n) is 22.2. The molecule has 4 aliphatic rings. The van der Waals surface area contributed by atoms with Crippen LogP contribution in [0, 0.1) is 11.3 Å². The van der Waals surface area contributed by atoms with Crippen molar-refractivity contribution in [3.8, 4) is 28.8 Å². The highest BCUT2D eigenvalue weighted by Crippen LogP contribution is 2.41. The van der Waals surface area contributed by atoms with Gasteiger partial charge >= 0.3 is 0 Å². The number of rotatable bonds is 16. The zero-order chi connectivity index (χ0) is 73.9. The largest absolute Gasteiger partial charge is 0.395 e. The number of aromatic nitrogens is 12. The Hall–Kier alpha value is -9.20. The summed E-state index contributed by atoms with van der Waals surface area (Å²) in [5.41, 5.74) is 17.1. The number of likely N-dealkylation sites (tertiary alicyclic amines) is 4. The van der Waals surface area contributed by atoms with Crippen molar-refractivity contribution in [3.63, 3.8) is 0 Å². The number of nitrogens with one attached hydrogen (secondary N) is 1. The maximum absolute atomic E-state index is 9.13. The molecule has 0 atom stereocenters. The first-order chi connectivity index (χ1) is 53.0. The van der Waals surface area contributed by atoms with Gasteiger partial charge in [-0.2, -0.15) is 15.5 Å². The van der Waals surface area contributed by atoms with E-state index in [9.17, 15) is 0 Å². The number of aliphatic hydroxyl groups is 1. The lowest BCUT2D eigenvalue weighted by molar-refractivity contribution is 0.164. The molecule has 10 aromatic heterocycles. The summed E-state index contributed by atoms with van der Waals surface area (Å²) in [6, 6.07) is 44.7. The fourth-order valence-corrected chi connectivity index (χ4v) is 17.0. The number of aryl methyl sites for hydroxylation is 1. The minimum Gasteiger partial charge on any atom is -0.395 e. The predicted octanol–water partition coefficient (Wildman–Crippen LogP) is 18.6. The molecule has 14 heterocycles. The molecule has 4 aromatic carbocycles. The van der Waals surface area contributed by atoms with Gasteiger partial charge in [0.25, 0.3) is 0 Å². The summed E-state index contributed by atoms with van der Waals surface area (Å²) in [7, 11) is 1.97. The number of benzene rings is 4. The van der Waals surface area contributed by atoms with E-state index in [1.807, 2.05) is 146 Å². The highest BCUT2D eigenvalue weighted by atomic mass is 35.5. The van der Waals surface area contributed by atoms with Crippen LogP contribution in [-0.4, -0.2) is 155 Å². The van der Waals surface area contributed by atoms with E-state index in [4.69, 9.17) is 56.8 Å². The van der Waals surface area contributed by atoms with E-state index in [1.54, 1.807) is 0 Å². The van der Waals surface area contributed by atoms with Crippen molar-refractivity contribution in [2.45, 2.75) is 94.5 Å². The van der Waals surface area contributed by atoms with E-state index in [-0.39, 0.29) is 19.0 Å². The Kier molecular flexibility index (Phi) is 25.4. The van der Waals surface area contributed by atoms with Gasteiger partial charge in [0.1, 0.15) is 0 Å². The van der Waals surface area contributed by atoms with Crippen molar-refractivity contribution in [2.75, 3.05) is 72.1 Å². The van der Waals surface area contributed by atoms with E-state index in [0.29, 0.717) is 30.1 Å². The fourth-order valence-electron chi connectivity index (χ4n) is 16.5. The summed E-state index contributed by atoms with van der Waals surface area (Å²) in [4.78, 5) is 27.2. The van der Waals surface area contributed by atoms with Gasteiger partial charge < -0.3 is 33.2 Å². The zero-order valence-electron chi connectivity index (χ0n) is 61.2. The Balaban J connectivity index is 0.000000121. The van der Waals surface area contributed by atoms with Crippen LogP contribution in [0.3, 0.4) is 0 Å². The maximum atomic E-state index is 9.13. The van der Waals surface area contributed by atoms with Crippen molar-refractivity contribution in [2.24, 2.45) is 7.05 Å². The van der Waals surface area contributed by atoms with Gasteiger partial charge in [-0.15, -0.1) is 12.4 Å². The third-order valence-corrected chi connectivity index (χ3v) is 23.2. The second-order valence-electron chi connectivity index (χ2n) is 28.9. The van der Waals surface area contributed by atoms with Crippen LogP contribution >= 0.6 is 58.8 Å². The van der Waals surface area contributed by atoms with Gasteiger partial charge in [0, 0.05) is 177 Å². The Labute approximate surface area is 662 Å². The third kappa shape index (κ3) is 18.2. The average Bonchev–Trinajstić information content (AvgIpc) is 1.65. The molecule has 0 amide bonds. The van der Waals surface area contributed by atoms with Crippen LogP contribution in [0.15, 0.2) is 220 Å². The van der Waals surface area contributed by atoms with Gasteiger partial charge in [-0.25, -0.2) is 0 Å². The molecule has 0 radical (unpaired) electrons. The molecule has 0 saturated carbocycles. The van der Waals surface area contributed by atoms with Crippen molar-refractivity contribution in [1.29, 1.82) is 5.26 Å². The molecule has 4 saturated heterocycles. The van der Waals surface area contributed by atoms with Crippen molar-refractivity contribution < 1.29 is 5.11 Å². The second-order valence-corrected chi connectivity index (χ2v) is 30.6. The molecular weight excluding hydrogens is 1460 g/mol. The monoisotopic (exact) mass is 1550 g/mol. The lowest BCUT2D eigenvalue weighted by Crippen LogP contribution is -2.34. The highest BCUT2D eigenvalue weighted by Gasteiger charge is 2.29. The van der Waals surface area contributed by atoms with Gasteiger partial charge in [0.2, 0.25) is 0 Å². The lowest BCUT2D eigenvalue weighted by atomic mass is 9.89. The van der Waals surface area contributed by atoms with E-state index in [0.717, 1.165) is 182 Å². The highest BCUT2D eigenvalue weighted by molar-refractivity contribution is 6.31. The zero-order valence-corrected chi connectivity index (χ0v) is 65.0. The normalized spacial score (nSPS) is 16.0. The number of nitriles is 1. The minimum atomic E-state index is 0. The molecule has 18 nitrogen and oxygen atoms in total. The van der Waals surface area contributed by atoms with Crippen molar-refractivity contribution in [3.05, 3.63) is 274 Å². The van der Waals surface area contributed by atoms with Crippen molar-refractivity contribution in [1.82, 2.24) is 77.8 Å². The molecule has 0 bridgehead atoms. The van der Waals surface area contributed by atoms with Crippen LogP contribution < -0.4 is 0 Å². The number of halogens is 5. The number of piperidine rings is 4. The van der Waals surface area contributed by atoms with Crippen LogP contribution in [0.5, 0.6) is 0 Å². The number of nitrogens with zero attached hydrogens (tertiary/aromatic N) is 16. The number of aliphatic hydroxyl groups excluding tert-OH is 1. The number of hydrogen-bond donors (Lipinski definition) is 2. The summed E-state index contributed by atoms with van der Waals surface area (Å²) >= 11 is 24.2. The summed E-state index contributed by atoms with van der Waals surface area (Å²) < 4.78 is 10.8. The molecule has 0 aliphatic carbocycles. The predicted molar refractivity (Wildman–Crippen MR) is 442 cm³/mol. The summed E-state index contributed by atoms with van der Waals surface area (Å²) in [6.45, 7) is 12.5. The Morgan fingerprint density at radius 2 is 0.725 bits per heavy atom. The van der Waals surface area contributed by atoms with Crippen LogP contribution in [0.25, 0.3) is 66.4 Å². The quantitative estimate of drug-likeness (QED) is 0.0938. The SMILES string of the molecule is Cl.Clc1ccc(-n2cc(C3CCN(Cc4ccn[nH]4)CC3)c3ccncc32)cc1.Cn1cc(CN2CCC(c3cn(-c4ccc(Cl)cc4)c4cnccc34)CC2)cn1.N#CCCN1CCC(c2cn(-c3ccc(Cl)cc3)c3cnccc23)CC1.OCCN1CCC(c2cn(-c3ccc(Cl)cc3)c3cnccc23)CC1. The van der Waals surface area contributed by atoms with Crippen LogP contribution in [-0.2, 0) is 20.1 Å². The van der Waals surface area contributed by atoms with Crippen LogP contribution in [0.4, 0.5) is 0 Å². The molecule has 14 aromatic rings. The number of H-pyrrole nitrogens is 1. The number of β-amino-alcohol motifs (C(OH)–C–C–N with tert-alkyl or cyclic N) is 1. The molecule has 4 aliphatic heterocycles. The number of aromatic amines is 1. The van der Waals surface area contributed by atoms with Gasteiger partial charge in [-0.1, -0.05) is 46.4 Å². The molecule has 23 heteroatoms. The first-order valence-corrected chi connectivity index (χ1v) is 39.1. The van der Waals surface area contributed by atoms with E-state index >= 15 is 0 Å².